The molecule has 0 radical (unpaired) electrons. The molecular formula is C15H18ClNOS. The van der Waals surface area contributed by atoms with E-state index in [1.54, 1.807) is 18.4 Å². The van der Waals surface area contributed by atoms with E-state index >= 15 is 0 Å². The smallest absolute Gasteiger partial charge is 0.123 e. The van der Waals surface area contributed by atoms with Crippen LogP contribution in [-0.4, -0.2) is 14.2 Å². The molecule has 1 heterocycles. The summed E-state index contributed by atoms with van der Waals surface area (Å²) in [7, 11) is 3.66. The number of thiophene rings is 1. The van der Waals surface area contributed by atoms with Crippen molar-refractivity contribution in [3.8, 4) is 5.75 Å². The molecule has 19 heavy (non-hydrogen) atoms. The van der Waals surface area contributed by atoms with Gasteiger partial charge < -0.3 is 10.1 Å². The van der Waals surface area contributed by atoms with Crippen LogP contribution in [0.15, 0.2) is 35.7 Å². The van der Waals surface area contributed by atoms with Crippen LogP contribution < -0.4 is 10.1 Å². The molecule has 0 saturated heterocycles. The predicted octanol–water partition coefficient (Wildman–Crippen LogP) is 4.30. The number of hydrogen-bond donors (Lipinski definition) is 1. The van der Waals surface area contributed by atoms with E-state index in [1.165, 1.54) is 4.88 Å². The van der Waals surface area contributed by atoms with Gasteiger partial charge in [0.1, 0.15) is 5.75 Å². The Morgan fingerprint density at radius 1 is 1.37 bits per heavy atom. The molecule has 4 heteroatoms. The molecule has 1 aromatic carbocycles. The summed E-state index contributed by atoms with van der Waals surface area (Å²) in [4.78, 5) is 1.40. The molecule has 0 saturated carbocycles. The summed E-state index contributed by atoms with van der Waals surface area (Å²) in [6.45, 7) is 0. The molecule has 0 amide bonds. The fraction of sp³-hybridized carbons (Fsp3) is 0.333. The van der Waals surface area contributed by atoms with Gasteiger partial charge in [0.15, 0.2) is 0 Å². The van der Waals surface area contributed by atoms with Gasteiger partial charge in [0.25, 0.3) is 0 Å². The van der Waals surface area contributed by atoms with Crippen LogP contribution in [0.3, 0.4) is 0 Å². The fourth-order valence-electron chi connectivity index (χ4n) is 2.17. The number of halogens is 1. The Morgan fingerprint density at radius 3 is 2.84 bits per heavy atom. The van der Waals surface area contributed by atoms with E-state index in [2.05, 4.69) is 22.8 Å². The molecule has 0 fully saturated rings. The van der Waals surface area contributed by atoms with Crippen molar-refractivity contribution in [2.24, 2.45) is 0 Å². The van der Waals surface area contributed by atoms with Crippen LogP contribution in [0.1, 0.15) is 22.9 Å². The Hall–Kier alpha value is -1.03. The Balaban J connectivity index is 2.14. The molecule has 2 rings (SSSR count). The quantitative estimate of drug-likeness (QED) is 0.858. The maximum absolute atomic E-state index is 6.09. The number of ether oxygens (including phenoxy) is 1. The molecule has 1 aromatic heterocycles. The second kappa shape index (κ2) is 6.94. The van der Waals surface area contributed by atoms with Crippen LogP contribution in [0.5, 0.6) is 5.75 Å². The van der Waals surface area contributed by atoms with Crippen molar-refractivity contribution >= 4 is 22.9 Å². The number of hydrogen-bond acceptors (Lipinski definition) is 3. The lowest BCUT2D eigenvalue weighted by molar-refractivity contribution is 0.399. The first-order chi connectivity index (χ1) is 9.24. The second-order valence-corrected chi connectivity index (χ2v) is 5.81. The SMILES string of the molecule is CNC(CCc1cccs1)c1cc(Cl)ccc1OC. The largest absolute Gasteiger partial charge is 0.496 e. The Kier molecular flexibility index (Phi) is 5.25. The van der Waals surface area contributed by atoms with Crippen molar-refractivity contribution in [2.45, 2.75) is 18.9 Å². The summed E-state index contributed by atoms with van der Waals surface area (Å²) in [5, 5.41) is 6.21. The van der Waals surface area contributed by atoms with E-state index in [9.17, 15) is 0 Å². The molecule has 0 spiro atoms. The van der Waals surface area contributed by atoms with E-state index in [0.29, 0.717) is 0 Å². The van der Waals surface area contributed by atoms with Crippen LogP contribution in [0.2, 0.25) is 5.02 Å². The van der Waals surface area contributed by atoms with Gasteiger partial charge in [-0.3, -0.25) is 0 Å². The van der Waals surface area contributed by atoms with Gasteiger partial charge >= 0.3 is 0 Å². The first-order valence-corrected chi connectivity index (χ1v) is 7.53. The predicted molar refractivity (Wildman–Crippen MR) is 82.4 cm³/mol. The number of rotatable bonds is 6. The minimum Gasteiger partial charge on any atom is -0.496 e. The number of benzene rings is 1. The number of methoxy groups -OCH3 is 1. The van der Waals surface area contributed by atoms with Crippen LogP contribution in [-0.2, 0) is 6.42 Å². The molecule has 102 valence electrons. The maximum Gasteiger partial charge on any atom is 0.123 e. The zero-order valence-corrected chi connectivity index (χ0v) is 12.7. The van der Waals surface area contributed by atoms with Crippen molar-refractivity contribution in [3.63, 3.8) is 0 Å². The minimum atomic E-state index is 0.246. The Bertz CT molecular complexity index is 513. The third kappa shape index (κ3) is 3.72. The van der Waals surface area contributed by atoms with Crippen molar-refractivity contribution in [2.75, 3.05) is 14.2 Å². The number of aryl methyl sites for hydroxylation is 1. The molecule has 0 aliphatic rings. The minimum absolute atomic E-state index is 0.246. The molecule has 1 N–H and O–H groups in total. The second-order valence-electron chi connectivity index (χ2n) is 4.35. The lowest BCUT2D eigenvalue weighted by atomic mass is 10.0. The van der Waals surface area contributed by atoms with E-state index in [4.69, 9.17) is 16.3 Å². The van der Waals surface area contributed by atoms with Gasteiger partial charge in [0.2, 0.25) is 0 Å². The van der Waals surface area contributed by atoms with Gasteiger partial charge in [-0.15, -0.1) is 11.3 Å². The first kappa shape index (κ1) is 14.4. The summed E-state index contributed by atoms with van der Waals surface area (Å²) in [5.41, 5.74) is 1.12. The third-order valence-electron chi connectivity index (χ3n) is 3.18. The lowest BCUT2D eigenvalue weighted by Crippen LogP contribution is -2.17. The molecule has 0 aliphatic heterocycles. The van der Waals surface area contributed by atoms with Crippen molar-refractivity contribution in [1.29, 1.82) is 0 Å². The van der Waals surface area contributed by atoms with Gasteiger partial charge in [-0.25, -0.2) is 0 Å². The summed E-state index contributed by atoms with van der Waals surface area (Å²) in [6.07, 6.45) is 2.08. The topological polar surface area (TPSA) is 21.3 Å². The van der Waals surface area contributed by atoms with Crippen LogP contribution in [0.25, 0.3) is 0 Å². The molecule has 1 unspecified atom stereocenters. The standard InChI is InChI=1S/C15H18ClNOS/c1-17-14(7-6-12-4-3-9-19-12)13-10-11(16)5-8-15(13)18-2/h3-5,8-10,14,17H,6-7H2,1-2H3. The molecule has 0 bridgehead atoms. The van der Waals surface area contributed by atoms with Gasteiger partial charge in [0.05, 0.1) is 7.11 Å². The number of nitrogens with one attached hydrogen (secondary N) is 1. The van der Waals surface area contributed by atoms with Crippen molar-refractivity contribution < 1.29 is 4.74 Å². The van der Waals surface area contributed by atoms with Gasteiger partial charge in [-0.1, -0.05) is 17.7 Å². The Morgan fingerprint density at radius 2 is 2.21 bits per heavy atom. The van der Waals surface area contributed by atoms with Crippen LogP contribution in [0.4, 0.5) is 0 Å². The molecule has 2 aromatic rings. The van der Waals surface area contributed by atoms with Crippen molar-refractivity contribution in [1.82, 2.24) is 5.32 Å². The van der Waals surface area contributed by atoms with E-state index in [1.807, 2.05) is 25.2 Å². The highest BCUT2D eigenvalue weighted by atomic mass is 35.5. The molecule has 1 atom stereocenters. The van der Waals surface area contributed by atoms with E-state index in [-0.39, 0.29) is 6.04 Å². The monoisotopic (exact) mass is 295 g/mol. The Labute approximate surface area is 123 Å². The molecule has 0 aliphatic carbocycles. The van der Waals surface area contributed by atoms with Gasteiger partial charge in [0, 0.05) is 21.5 Å². The maximum atomic E-state index is 6.09. The molecular weight excluding hydrogens is 278 g/mol. The summed E-state index contributed by atoms with van der Waals surface area (Å²) < 4.78 is 5.42. The van der Waals surface area contributed by atoms with E-state index in [0.717, 1.165) is 29.2 Å². The molecule has 2 nitrogen and oxygen atoms in total. The summed E-state index contributed by atoms with van der Waals surface area (Å²) in [5.74, 6) is 0.884. The fourth-order valence-corrected chi connectivity index (χ4v) is 3.08. The van der Waals surface area contributed by atoms with Gasteiger partial charge in [-0.05, 0) is 49.5 Å². The van der Waals surface area contributed by atoms with E-state index < -0.39 is 0 Å². The zero-order chi connectivity index (χ0) is 13.7. The summed E-state index contributed by atoms with van der Waals surface area (Å²) in [6, 6.07) is 10.3. The highest BCUT2D eigenvalue weighted by Crippen LogP contribution is 2.31. The van der Waals surface area contributed by atoms with Gasteiger partial charge in [-0.2, -0.15) is 0 Å². The van der Waals surface area contributed by atoms with Crippen LogP contribution in [0, 0.1) is 0 Å². The third-order valence-corrected chi connectivity index (χ3v) is 4.35. The highest BCUT2D eigenvalue weighted by molar-refractivity contribution is 7.09. The lowest BCUT2D eigenvalue weighted by Gasteiger charge is -2.19. The van der Waals surface area contributed by atoms with Crippen LogP contribution >= 0.6 is 22.9 Å². The average Bonchev–Trinajstić information content (AvgIpc) is 2.93. The van der Waals surface area contributed by atoms with Crippen molar-refractivity contribution in [3.05, 3.63) is 51.2 Å². The zero-order valence-electron chi connectivity index (χ0n) is 11.2. The first-order valence-electron chi connectivity index (χ1n) is 6.27. The highest BCUT2D eigenvalue weighted by Gasteiger charge is 2.15. The average molecular weight is 296 g/mol. The summed E-state index contributed by atoms with van der Waals surface area (Å²) >= 11 is 7.89. The normalized spacial score (nSPS) is 12.4.